The first-order valence-corrected chi connectivity index (χ1v) is 44.3. The predicted octanol–water partition coefficient (Wildman–Crippen LogP) is 16.5. The molecule has 0 aromatic heterocycles. The molecule has 3 saturated heterocycles. The first kappa shape index (κ1) is 100. The van der Waals surface area contributed by atoms with Gasteiger partial charge in [-0.3, -0.25) is 4.79 Å². The van der Waals surface area contributed by atoms with Gasteiger partial charge in [0.05, 0.1) is 38.6 Å². The van der Waals surface area contributed by atoms with Crippen LogP contribution in [-0.4, -0.2) is 193 Å². The number of rotatable bonds is 71. The highest BCUT2D eigenvalue weighted by atomic mass is 16.8. The van der Waals surface area contributed by atoms with Crippen LogP contribution in [0.1, 0.15) is 348 Å². The summed E-state index contributed by atoms with van der Waals surface area (Å²) in [4.78, 5) is 13.5. The molecular weight excluding hydrogens is 1380 g/mol. The first-order valence-electron chi connectivity index (χ1n) is 44.3. The molecule has 19 nitrogen and oxygen atoms in total. The molecule has 17 atom stereocenters. The van der Waals surface area contributed by atoms with E-state index in [4.69, 9.17) is 28.4 Å². The zero-order valence-corrected chi connectivity index (χ0v) is 68.3. The molecular formula is C90H161NO18. The summed E-state index contributed by atoms with van der Waals surface area (Å²) in [6.45, 7) is 1.64. The van der Waals surface area contributed by atoms with Crippen LogP contribution in [0.4, 0.5) is 0 Å². The van der Waals surface area contributed by atoms with Crippen molar-refractivity contribution in [2.45, 2.75) is 452 Å². The van der Waals surface area contributed by atoms with Gasteiger partial charge in [0, 0.05) is 6.42 Å². The van der Waals surface area contributed by atoms with Gasteiger partial charge < -0.3 is 89.9 Å². The van der Waals surface area contributed by atoms with Gasteiger partial charge in [0.15, 0.2) is 18.9 Å². The largest absolute Gasteiger partial charge is 0.394 e. The molecule has 12 N–H and O–H groups in total. The van der Waals surface area contributed by atoms with E-state index in [9.17, 15) is 61.0 Å². The molecule has 109 heavy (non-hydrogen) atoms. The molecule has 17 unspecified atom stereocenters. The monoisotopic (exact) mass is 1540 g/mol. The second kappa shape index (κ2) is 69.3. The van der Waals surface area contributed by atoms with Gasteiger partial charge in [-0.15, -0.1) is 0 Å². The highest BCUT2D eigenvalue weighted by molar-refractivity contribution is 5.76. The lowest BCUT2D eigenvalue weighted by Gasteiger charge is -2.48. The minimum absolute atomic E-state index is 0.232. The molecule has 0 saturated carbocycles. The Morgan fingerprint density at radius 1 is 0.339 bits per heavy atom. The standard InChI is InChI=1S/C90H161NO18/c1-3-5-7-9-11-13-15-17-19-21-23-25-27-29-31-33-34-35-36-37-38-40-42-44-46-48-50-52-54-56-58-60-62-64-66-68-78(96)91-73(74(95)67-65-63-61-59-57-55-53-51-49-47-45-43-41-39-32-30-28-26-24-22-20-18-16-14-12-10-8-6-4-2)72-104-88-84(102)81(99)86(76(70-93)106-88)109-90-85(103)82(100)87(77(71-94)107-90)108-89-83(101)80(98)79(97)75(69-92)105-89/h5,7,11,13,17,19,23,25,49,51,57,59,65,67,73-77,79-90,92-95,97-103H,3-4,6,8-10,12,14-16,18,20-22,24,26-48,50,52-56,58,60-64,66,68-72H2,1-2H3,(H,91,96)/b7-5-,13-11-,19-17-,25-23-,51-49+,59-57+,67-65+. The van der Waals surface area contributed by atoms with Crippen molar-refractivity contribution >= 4 is 5.91 Å². The molecule has 3 rings (SSSR count). The van der Waals surface area contributed by atoms with Crippen molar-refractivity contribution < 1.29 is 89.4 Å². The van der Waals surface area contributed by atoms with Gasteiger partial charge in [-0.25, -0.2) is 0 Å². The molecule has 3 aliphatic rings. The highest BCUT2D eigenvalue weighted by Gasteiger charge is 2.54. The van der Waals surface area contributed by atoms with Crippen LogP contribution in [0.25, 0.3) is 0 Å². The molecule has 0 bridgehead atoms. The maximum absolute atomic E-state index is 13.5. The lowest BCUT2D eigenvalue weighted by molar-refractivity contribution is -0.379. The van der Waals surface area contributed by atoms with E-state index in [2.05, 4.69) is 92.1 Å². The summed E-state index contributed by atoms with van der Waals surface area (Å²) in [6, 6.07) is -1.00. The van der Waals surface area contributed by atoms with E-state index in [1.807, 2.05) is 6.08 Å². The van der Waals surface area contributed by atoms with Gasteiger partial charge in [-0.1, -0.05) is 343 Å². The number of aliphatic hydroxyl groups is 11. The molecule has 1 amide bonds. The Balaban J connectivity index is 1.34. The number of unbranched alkanes of at least 4 members (excludes halogenated alkanes) is 43. The van der Waals surface area contributed by atoms with Gasteiger partial charge in [0.2, 0.25) is 5.91 Å². The Hall–Kier alpha value is -3.03. The van der Waals surface area contributed by atoms with Crippen LogP contribution in [0.2, 0.25) is 0 Å². The SMILES string of the molecule is CC/C=C\C/C=C\C/C=C\C/C=C\CCCCCCCCCCCCCCCCCCCCCCCCC(=O)NC(COC1OC(CO)C(OC2OC(CO)C(OC3OC(CO)C(O)C(O)C3O)C(O)C2O)C(O)C1O)C(O)/C=C/CC/C=C/CC/C=C/CCCCCCCCCCCCCCCCCCCCC. The van der Waals surface area contributed by atoms with Crippen LogP contribution < -0.4 is 5.32 Å². The Morgan fingerprint density at radius 2 is 0.642 bits per heavy atom. The number of hydrogen-bond acceptors (Lipinski definition) is 18. The van der Waals surface area contributed by atoms with Gasteiger partial charge >= 0.3 is 0 Å². The van der Waals surface area contributed by atoms with Crippen molar-refractivity contribution in [2.75, 3.05) is 26.4 Å². The van der Waals surface area contributed by atoms with Gasteiger partial charge in [0.25, 0.3) is 0 Å². The fourth-order valence-corrected chi connectivity index (χ4v) is 14.6. The minimum Gasteiger partial charge on any atom is -0.394 e. The van der Waals surface area contributed by atoms with Crippen LogP contribution in [-0.2, 0) is 33.2 Å². The van der Waals surface area contributed by atoms with E-state index in [0.29, 0.717) is 12.8 Å². The number of amides is 1. The third kappa shape index (κ3) is 48.2. The highest BCUT2D eigenvalue weighted by Crippen LogP contribution is 2.33. The number of carbonyl (C=O) groups excluding carboxylic acids is 1. The number of aliphatic hydroxyl groups excluding tert-OH is 11. The number of allylic oxidation sites excluding steroid dienone is 13. The summed E-state index contributed by atoms with van der Waals surface area (Å²) in [5.41, 5.74) is 0. The molecule has 0 aromatic rings. The zero-order valence-electron chi connectivity index (χ0n) is 68.3. The maximum Gasteiger partial charge on any atom is 0.220 e. The van der Waals surface area contributed by atoms with Gasteiger partial charge in [-0.2, -0.15) is 0 Å². The van der Waals surface area contributed by atoms with Crippen molar-refractivity contribution in [3.8, 4) is 0 Å². The summed E-state index contributed by atoms with van der Waals surface area (Å²) in [7, 11) is 0. The van der Waals surface area contributed by atoms with Crippen molar-refractivity contribution in [2.24, 2.45) is 0 Å². The van der Waals surface area contributed by atoms with E-state index < -0.39 is 124 Å². The quantitative estimate of drug-likeness (QED) is 0.0199. The molecule has 0 radical (unpaired) electrons. The third-order valence-electron chi connectivity index (χ3n) is 21.7. The molecule has 19 heteroatoms. The molecule has 3 heterocycles. The fraction of sp³-hybridized carbons (Fsp3) is 0.833. The summed E-state index contributed by atoms with van der Waals surface area (Å²) >= 11 is 0. The maximum atomic E-state index is 13.5. The molecule has 634 valence electrons. The van der Waals surface area contributed by atoms with E-state index >= 15 is 0 Å². The Kier molecular flexibility index (Phi) is 63.7. The van der Waals surface area contributed by atoms with E-state index in [-0.39, 0.29) is 18.9 Å². The molecule has 3 aliphatic heterocycles. The van der Waals surface area contributed by atoms with Crippen LogP contribution >= 0.6 is 0 Å². The number of carbonyl (C=O) groups is 1. The summed E-state index contributed by atoms with van der Waals surface area (Å²) in [5, 5.41) is 121. The Bertz CT molecular complexity index is 2300. The normalized spacial score (nSPS) is 25.7. The molecule has 3 fully saturated rings. The molecule has 0 aliphatic carbocycles. The minimum atomic E-state index is -1.99. The van der Waals surface area contributed by atoms with Crippen LogP contribution in [0.15, 0.2) is 85.1 Å². The molecule has 0 aromatic carbocycles. The summed E-state index contributed by atoms with van der Waals surface area (Å²) in [5.74, 6) is -0.285. The number of hydrogen-bond donors (Lipinski definition) is 12. The van der Waals surface area contributed by atoms with Crippen molar-refractivity contribution in [3.63, 3.8) is 0 Å². The predicted molar refractivity (Wildman–Crippen MR) is 438 cm³/mol. The molecule has 0 spiro atoms. The van der Waals surface area contributed by atoms with Crippen molar-refractivity contribution in [3.05, 3.63) is 85.1 Å². The van der Waals surface area contributed by atoms with Crippen LogP contribution in [0, 0.1) is 0 Å². The van der Waals surface area contributed by atoms with Gasteiger partial charge in [0.1, 0.15) is 73.2 Å². The van der Waals surface area contributed by atoms with E-state index in [0.717, 1.165) is 70.6 Å². The van der Waals surface area contributed by atoms with E-state index in [1.165, 1.54) is 244 Å². The zero-order chi connectivity index (χ0) is 78.8. The van der Waals surface area contributed by atoms with E-state index in [1.54, 1.807) is 6.08 Å². The third-order valence-corrected chi connectivity index (χ3v) is 21.7. The Labute approximate surface area is 661 Å². The lowest BCUT2D eigenvalue weighted by atomic mass is 9.96. The Morgan fingerprint density at radius 3 is 1.03 bits per heavy atom. The second-order valence-corrected chi connectivity index (χ2v) is 31.3. The smallest absolute Gasteiger partial charge is 0.220 e. The first-order chi connectivity index (χ1) is 53.3. The number of nitrogens with one attached hydrogen (secondary N) is 1. The lowest BCUT2D eigenvalue weighted by Crippen LogP contribution is -2.66. The topological polar surface area (TPSA) is 307 Å². The van der Waals surface area contributed by atoms with Gasteiger partial charge in [-0.05, 0) is 83.5 Å². The fourth-order valence-electron chi connectivity index (χ4n) is 14.6. The average Bonchev–Trinajstić information content (AvgIpc) is 0.749. The second-order valence-electron chi connectivity index (χ2n) is 31.3. The van der Waals surface area contributed by atoms with Crippen molar-refractivity contribution in [1.29, 1.82) is 0 Å². The summed E-state index contributed by atoms with van der Waals surface area (Å²) in [6.07, 6.45) is 67.4. The van der Waals surface area contributed by atoms with Crippen LogP contribution in [0.5, 0.6) is 0 Å². The van der Waals surface area contributed by atoms with Crippen LogP contribution in [0.3, 0.4) is 0 Å². The average molecular weight is 1550 g/mol. The number of ether oxygens (including phenoxy) is 6. The summed E-state index contributed by atoms with van der Waals surface area (Å²) < 4.78 is 34.5. The van der Waals surface area contributed by atoms with Crippen molar-refractivity contribution in [1.82, 2.24) is 5.32 Å².